The van der Waals surface area contributed by atoms with Gasteiger partial charge in [0.1, 0.15) is 0 Å². The van der Waals surface area contributed by atoms with E-state index in [2.05, 4.69) is 10.3 Å². The Balaban J connectivity index is 1.93. The van der Waals surface area contributed by atoms with Crippen molar-refractivity contribution in [3.8, 4) is 0 Å². The third-order valence-electron chi connectivity index (χ3n) is 3.74. The van der Waals surface area contributed by atoms with E-state index in [9.17, 15) is 4.79 Å². The van der Waals surface area contributed by atoms with Gasteiger partial charge in [0.25, 0.3) is 5.91 Å². The van der Waals surface area contributed by atoms with Gasteiger partial charge in [-0.15, -0.1) is 0 Å². The van der Waals surface area contributed by atoms with Crippen molar-refractivity contribution in [3.63, 3.8) is 0 Å². The number of hydrogen-bond acceptors (Lipinski definition) is 2. The van der Waals surface area contributed by atoms with Crippen LogP contribution in [0.5, 0.6) is 0 Å². The monoisotopic (exact) mass is 290 g/mol. The second kappa shape index (κ2) is 5.98. The molecule has 3 nitrogen and oxygen atoms in total. The predicted octanol–water partition coefficient (Wildman–Crippen LogP) is 4.03. The molecule has 3 aromatic rings. The summed E-state index contributed by atoms with van der Waals surface area (Å²) in [6, 6.07) is 19.5. The lowest BCUT2D eigenvalue weighted by Gasteiger charge is -2.15. The number of carbonyl (C=O) groups excluding carboxylic acids is 1. The van der Waals surface area contributed by atoms with Crippen LogP contribution >= 0.6 is 0 Å². The van der Waals surface area contributed by atoms with E-state index < -0.39 is 0 Å². The molecule has 0 fully saturated rings. The molecule has 0 saturated carbocycles. The van der Waals surface area contributed by atoms with Crippen LogP contribution in [0.25, 0.3) is 10.9 Å². The Hall–Kier alpha value is -2.68. The standard InChI is InChI=1S/C19H18N2O/c1-13-12-17(16-10-6-7-11-18(16)20-13)19(22)21-14(2)15-8-4-3-5-9-15/h3-12,14H,1-2H3,(H,21,22)/t14-/m0/s1. The molecule has 22 heavy (non-hydrogen) atoms. The van der Waals surface area contributed by atoms with Gasteiger partial charge in [0.15, 0.2) is 0 Å². The number of carbonyl (C=O) groups is 1. The van der Waals surface area contributed by atoms with Crippen molar-refractivity contribution in [1.82, 2.24) is 10.3 Å². The average molecular weight is 290 g/mol. The van der Waals surface area contributed by atoms with E-state index in [0.29, 0.717) is 5.56 Å². The fourth-order valence-corrected chi connectivity index (χ4v) is 2.60. The van der Waals surface area contributed by atoms with Gasteiger partial charge in [0, 0.05) is 11.1 Å². The Bertz CT molecular complexity index is 812. The topological polar surface area (TPSA) is 42.0 Å². The third kappa shape index (κ3) is 2.84. The first-order valence-electron chi connectivity index (χ1n) is 7.37. The van der Waals surface area contributed by atoms with Crippen LogP contribution in [0.1, 0.15) is 34.6 Å². The summed E-state index contributed by atoms with van der Waals surface area (Å²) in [4.78, 5) is 17.1. The van der Waals surface area contributed by atoms with Gasteiger partial charge in [0.05, 0.1) is 17.1 Å². The first-order chi connectivity index (χ1) is 10.6. The summed E-state index contributed by atoms with van der Waals surface area (Å²) in [6.45, 7) is 3.90. The summed E-state index contributed by atoms with van der Waals surface area (Å²) >= 11 is 0. The van der Waals surface area contributed by atoms with Crippen molar-refractivity contribution >= 4 is 16.8 Å². The number of hydrogen-bond donors (Lipinski definition) is 1. The molecule has 3 heteroatoms. The summed E-state index contributed by atoms with van der Waals surface area (Å²) in [6.07, 6.45) is 0. The molecule has 2 aromatic carbocycles. The van der Waals surface area contributed by atoms with Gasteiger partial charge in [-0.25, -0.2) is 0 Å². The lowest BCUT2D eigenvalue weighted by Crippen LogP contribution is -2.27. The molecule has 1 aromatic heterocycles. The number of fused-ring (bicyclic) bond motifs is 1. The Kier molecular flexibility index (Phi) is 3.88. The maximum absolute atomic E-state index is 12.7. The molecule has 0 aliphatic heterocycles. The molecule has 3 rings (SSSR count). The van der Waals surface area contributed by atoms with E-state index in [-0.39, 0.29) is 11.9 Å². The second-order valence-corrected chi connectivity index (χ2v) is 5.43. The minimum atomic E-state index is -0.0712. The number of nitrogens with zero attached hydrogens (tertiary/aromatic N) is 1. The number of rotatable bonds is 3. The van der Waals surface area contributed by atoms with Gasteiger partial charge in [-0.2, -0.15) is 0 Å². The van der Waals surface area contributed by atoms with Crippen molar-refractivity contribution < 1.29 is 4.79 Å². The van der Waals surface area contributed by atoms with Gasteiger partial charge < -0.3 is 5.32 Å². The number of nitrogens with one attached hydrogen (secondary N) is 1. The summed E-state index contributed by atoms with van der Waals surface area (Å²) in [5.74, 6) is -0.0712. The Morgan fingerprint density at radius 1 is 1.05 bits per heavy atom. The van der Waals surface area contributed by atoms with Crippen molar-refractivity contribution in [3.05, 3.63) is 77.5 Å². The smallest absolute Gasteiger partial charge is 0.252 e. The van der Waals surface area contributed by atoms with Crippen molar-refractivity contribution in [2.24, 2.45) is 0 Å². The molecule has 0 aliphatic carbocycles. The maximum Gasteiger partial charge on any atom is 0.252 e. The number of para-hydroxylation sites is 1. The molecule has 1 N–H and O–H groups in total. The van der Waals surface area contributed by atoms with Crippen LogP contribution in [0.2, 0.25) is 0 Å². The Morgan fingerprint density at radius 2 is 1.73 bits per heavy atom. The lowest BCUT2D eigenvalue weighted by atomic mass is 10.1. The molecular formula is C19H18N2O. The van der Waals surface area contributed by atoms with Crippen LogP contribution in [0.15, 0.2) is 60.7 Å². The molecule has 0 spiro atoms. The van der Waals surface area contributed by atoms with Gasteiger partial charge in [-0.05, 0) is 31.5 Å². The molecule has 0 bridgehead atoms. The lowest BCUT2D eigenvalue weighted by molar-refractivity contribution is 0.0941. The number of benzene rings is 2. The summed E-state index contributed by atoms with van der Waals surface area (Å²) < 4.78 is 0. The molecule has 0 saturated heterocycles. The number of aromatic nitrogens is 1. The highest BCUT2D eigenvalue weighted by atomic mass is 16.1. The second-order valence-electron chi connectivity index (χ2n) is 5.43. The first-order valence-corrected chi connectivity index (χ1v) is 7.37. The van der Waals surface area contributed by atoms with E-state index >= 15 is 0 Å². The predicted molar refractivity (Wildman–Crippen MR) is 88.8 cm³/mol. The van der Waals surface area contributed by atoms with Crippen LogP contribution in [-0.4, -0.2) is 10.9 Å². The molecule has 0 aliphatic rings. The fraction of sp³-hybridized carbons (Fsp3) is 0.158. The van der Waals surface area contributed by atoms with Crippen molar-refractivity contribution in [2.45, 2.75) is 19.9 Å². The summed E-state index contributed by atoms with van der Waals surface area (Å²) in [5.41, 5.74) is 3.45. The number of aryl methyl sites for hydroxylation is 1. The van der Waals surface area contributed by atoms with Crippen LogP contribution in [0.3, 0.4) is 0 Å². The van der Waals surface area contributed by atoms with Gasteiger partial charge in [0.2, 0.25) is 0 Å². The van der Waals surface area contributed by atoms with Crippen LogP contribution in [0, 0.1) is 6.92 Å². The Labute approximate surface area is 130 Å². The van der Waals surface area contributed by atoms with E-state index in [0.717, 1.165) is 22.2 Å². The third-order valence-corrected chi connectivity index (χ3v) is 3.74. The molecule has 110 valence electrons. The normalized spacial score (nSPS) is 12.1. The molecular weight excluding hydrogens is 272 g/mol. The Morgan fingerprint density at radius 3 is 2.50 bits per heavy atom. The maximum atomic E-state index is 12.7. The van der Waals surface area contributed by atoms with Crippen LogP contribution < -0.4 is 5.32 Å². The zero-order valence-electron chi connectivity index (χ0n) is 12.7. The van der Waals surface area contributed by atoms with Crippen LogP contribution in [0.4, 0.5) is 0 Å². The number of pyridine rings is 1. The largest absolute Gasteiger partial charge is 0.345 e. The SMILES string of the molecule is Cc1cc(C(=O)N[C@@H](C)c2ccccc2)c2ccccc2n1. The minimum absolute atomic E-state index is 0.0408. The molecule has 1 amide bonds. The van der Waals surface area contributed by atoms with Gasteiger partial charge in [-0.1, -0.05) is 48.5 Å². The highest BCUT2D eigenvalue weighted by molar-refractivity contribution is 6.06. The van der Waals surface area contributed by atoms with Crippen molar-refractivity contribution in [2.75, 3.05) is 0 Å². The van der Waals surface area contributed by atoms with E-state index in [1.807, 2.05) is 74.5 Å². The highest BCUT2D eigenvalue weighted by Crippen LogP contribution is 2.19. The van der Waals surface area contributed by atoms with E-state index in [1.165, 1.54) is 0 Å². The molecule has 1 atom stereocenters. The fourth-order valence-electron chi connectivity index (χ4n) is 2.60. The first kappa shape index (κ1) is 14.3. The average Bonchev–Trinajstić information content (AvgIpc) is 2.54. The van der Waals surface area contributed by atoms with Gasteiger partial charge in [-0.3, -0.25) is 9.78 Å². The quantitative estimate of drug-likeness (QED) is 0.791. The number of amides is 1. The van der Waals surface area contributed by atoms with E-state index in [4.69, 9.17) is 0 Å². The zero-order chi connectivity index (χ0) is 15.5. The molecule has 1 heterocycles. The summed E-state index contributed by atoms with van der Waals surface area (Å²) in [7, 11) is 0. The highest BCUT2D eigenvalue weighted by Gasteiger charge is 2.14. The van der Waals surface area contributed by atoms with Crippen LogP contribution in [-0.2, 0) is 0 Å². The zero-order valence-corrected chi connectivity index (χ0v) is 12.7. The summed E-state index contributed by atoms with van der Waals surface area (Å²) in [5, 5.41) is 3.95. The van der Waals surface area contributed by atoms with Gasteiger partial charge >= 0.3 is 0 Å². The molecule has 0 radical (unpaired) electrons. The minimum Gasteiger partial charge on any atom is -0.345 e. The van der Waals surface area contributed by atoms with E-state index in [1.54, 1.807) is 0 Å². The van der Waals surface area contributed by atoms with Crippen molar-refractivity contribution in [1.29, 1.82) is 0 Å². The molecule has 0 unspecified atom stereocenters.